The largest absolute Gasteiger partial charge is 0.309 e. The third-order valence-electron chi connectivity index (χ3n) is 3.21. The molecule has 1 heterocycles. The lowest BCUT2D eigenvalue weighted by Crippen LogP contribution is -2.30. The molecule has 1 aromatic rings. The van der Waals surface area contributed by atoms with Gasteiger partial charge in [0, 0.05) is 19.1 Å². The van der Waals surface area contributed by atoms with Crippen molar-refractivity contribution in [2.75, 3.05) is 20.1 Å². The predicted octanol–water partition coefficient (Wildman–Crippen LogP) is 1.93. The Balaban J connectivity index is 1.87. The van der Waals surface area contributed by atoms with Gasteiger partial charge in [-0.2, -0.15) is 0 Å². The first-order valence-electron chi connectivity index (χ1n) is 5.82. The van der Waals surface area contributed by atoms with Gasteiger partial charge < -0.3 is 10.2 Å². The van der Waals surface area contributed by atoms with E-state index < -0.39 is 0 Å². The maximum atomic E-state index is 13.1. The number of nitrogens with one attached hydrogen (secondary N) is 1. The molecule has 1 aliphatic heterocycles. The summed E-state index contributed by atoms with van der Waals surface area (Å²) >= 11 is 0. The van der Waals surface area contributed by atoms with E-state index in [1.807, 2.05) is 19.1 Å². The van der Waals surface area contributed by atoms with Crippen LogP contribution in [-0.2, 0) is 6.54 Å². The number of likely N-dealkylation sites (N-methyl/N-ethyl adjacent to an activating group) is 1. The van der Waals surface area contributed by atoms with Crippen LogP contribution in [0, 0.1) is 12.7 Å². The second-order valence-electron chi connectivity index (χ2n) is 4.71. The lowest BCUT2D eigenvalue weighted by atomic mass is 10.1. The van der Waals surface area contributed by atoms with Crippen LogP contribution in [0.5, 0.6) is 0 Å². The van der Waals surface area contributed by atoms with E-state index in [0.29, 0.717) is 6.04 Å². The van der Waals surface area contributed by atoms with Crippen LogP contribution in [0.25, 0.3) is 0 Å². The SMILES string of the molecule is Cc1cc(CNC2CCN(C)C2)ccc1F. The zero-order valence-electron chi connectivity index (χ0n) is 9.96. The average molecular weight is 222 g/mol. The number of benzene rings is 1. The van der Waals surface area contributed by atoms with Crippen molar-refractivity contribution in [2.45, 2.75) is 25.9 Å². The number of rotatable bonds is 3. The Morgan fingerprint density at radius 2 is 2.31 bits per heavy atom. The first kappa shape index (κ1) is 11.6. The van der Waals surface area contributed by atoms with Crippen LogP contribution < -0.4 is 5.32 Å². The highest BCUT2D eigenvalue weighted by Gasteiger charge is 2.18. The minimum absolute atomic E-state index is 0.121. The molecule has 0 saturated carbocycles. The van der Waals surface area contributed by atoms with Crippen molar-refractivity contribution in [3.05, 3.63) is 35.1 Å². The highest BCUT2D eigenvalue weighted by atomic mass is 19.1. The third-order valence-corrected chi connectivity index (χ3v) is 3.21. The van der Waals surface area contributed by atoms with Crippen molar-refractivity contribution < 1.29 is 4.39 Å². The molecule has 0 radical (unpaired) electrons. The number of aryl methyl sites for hydroxylation is 1. The Bertz CT molecular complexity index is 365. The minimum Gasteiger partial charge on any atom is -0.309 e. The summed E-state index contributed by atoms with van der Waals surface area (Å²) in [5, 5.41) is 3.51. The molecule has 3 heteroatoms. The Morgan fingerprint density at radius 3 is 2.94 bits per heavy atom. The molecule has 0 aromatic heterocycles. The van der Waals surface area contributed by atoms with Gasteiger partial charge in [0.15, 0.2) is 0 Å². The first-order valence-corrected chi connectivity index (χ1v) is 5.82. The van der Waals surface area contributed by atoms with Crippen LogP contribution in [-0.4, -0.2) is 31.1 Å². The standard InChI is InChI=1S/C13H19FN2/c1-10-7-11(3-4-13(10)14)8-15-12-5-6-16(2)9-12/h3-4,7,12,15H,5-6,8-9H2,1-2H3. The molecule has 2 rings (SSSR count). The van der Waals surface area contributed by atoms with Gasteiger partial charge in [-0.3, -0.25) is 0 Å². The summed E-state index contributed by atoms with van der Waals surface area (Å²) in [6, 6.07) is 5.90. The monoisotopic (exact) mass is 222 g/mol. The fourth-order valence-electron chi connectivity index (χ4n) is 2.18. The average Bonchev–Trinajstić information content (AvgIpc) is 2.66. The Hall–Kier alpha value is -0.930. The van der Waals surface area contributed by atoms with Gasteiger partial charge in [-0.1, -0.05) is 12.1 Å². The number of nitrogens with zero attached hydrogens (tertiary/aromatic N) is 1. The molecule has 0 amide bonds. The van der Waals surface area contributed by atoms with Crippen LogP contribution in [0.3, 0.4) is 0 Å². The van der Waals surface area contributed by atoms with Gasteiger partial charge in [0.1, 0.15) is 5.82 Å². The second kappa shape index (κ2) is 4.93. The normalized spacial score (nSPS) is 21.6. The third kappa shape index (κ3) is 2.80. The van der Waals surface area contributed by atoms with E-state index in [4.69, 9.17) is 0 Å². The van der Waals surface area contributed by atoms with Crippen LogP contribution in [0.2, 0.25) is 0 Å². The molecule has 2 nitrogen and oxygen atoms in total. The molecule has 1 unspecified atom stereocenters. The molecule has 88 valence electrons. The number of hydrogen-bond acceptors (Lipinski definition) is 2. The van der Waals surface area contributed by atoms with Crippen molar-refractivity contribution >= 4 is 0 Å². The van der Waals surface area contributed by atoms with Crippen molar-refractivity contribution in [2.24, 2.45) is 0 Å². The lowest BCUT2D eigenvalue weighted by Gasteiger charge is -2.13. The van der Waals surface area contributed by atoms with Crippen molar-refractivity contribution in [1.29, 1.82) is 0 Å². The summed E-state index contributed by atoms with van der Waals surface area (Å²) in [6.07, 6.45) is 1.21. The summed E-state index contributed by atoms with van der Waals surface area (Å²) < 4.78 is 13.1. The van der Waals surface area contributed by atoms with Gasteiger partial charge in [0.05, 0.1) is 0 Å². The molecular formula is C13H19FN2. The van der Waals surface area contributed by atoms with Crippen LogP contribution >= 0.6 is 0 Å². The molecule has 1 aromatic carbocycles. The van der Waals surface area contributed by atoms with Gasteiger partial charge in [0.25, 0.3) is 0 Å². The van der Waals surface area contributed by atoms with Crippen molar-refractivity contribution in [1.82, 2.24) is 10.2 Å². The van der Waals surface area contributed by atoms with Gasteiger partial charge in [-0.05, 0) is 44.1 Å². The van der Waals surface area contributed by atoms with E-state index in [-0.39, 0.29) is 5.82 Å². The van der Waals surface area contributed by atoms with Crippen molar-refractivity contribution in [3.8, 4) is 0 Å². The van der Waals surface area contributed by atoms with E-state index in [9.17, 15) is 4.39 Å². The Morgan fingerprint density at radius 1 is 1.50 bits per heavy atom. The number of hydrogen-bond donors (Lipinski definition) is 1. The van der Waals surface area contributed by atoms with Crippen molar-refractivity contribution in [3.63, 3.8) is 0 Å². The van der Waals surface area contributed by atoms with E-state index in [1.54, 1.807) is 6.07 Å². The summed E-state index contributed by atoms with van der Waals surface area (Å²) in [6.45, 7) is 4.92. The maximum absolute atomic E-state index is 13.1. The zero-order valence-corrected chi connectivity index (χ0v) is 9.96. The fourth-order valence-corrected chi connectivity index (χ4v) is 2.18. The highest BCUT2D eigenvalue weighted by Crippen LogP contribution is 2.11. The topological polar surface area (TPSA) is 15.3 Å². The van der Waals surface area contributed by atoms with Gasteiger partial charge >= 0.3 is 0 Å². The molecule has 1 aliphatic rings. The first-order chi connectivity index (χ1) is 7.65. The minimum atomic E-state index is -0.121. The molecule has 1 atom stereocenters. The summed E-state index contributed by atoms with van der Waals surface area (Å²) in [5.74, 6) is -0.121. The summed E-state index contributed by atoms with van der Waals surface area (Å²) in [7, 11) is 2.14. The summed E-state index contributed by atoms with van der Waals surface area (Å²) in [4.78, 5) is 2.33. The molecule has 16 heavy (non-hydrogen) atoms. The predicted molar refractivity (Wildman–Crippen MR) is 63.9 cm³/mol. The second-order valence-corrected chi connectivity index (χ2v) is 4.71. The molecule has 1 N–H and O–H groups in total. The van der Waals surface area contributed by atoms with Crippen LogP contribution in [0.1, 0.15) is 17.5 Å². The smallest absolute Gasteiger partial charge is 0.126 e. The Kier molecular flexibility index (Phi) is 3.56. The van der Waals surface area contributed by atoms with E-state index >= 15 is 0 Å². The Labute approximate surface area is 96.5 Å². The number of halogens is 1. The summed E-state index contributed by atoms with van der Waals surface area (Å²) in [5.41, 5.74) is 1.89. The van der Waals surface area contributed by atoms with Crippen LogP contribution in [0.4, 0.5) is 4.39 Å². The molecular weight excluding hydrogens is 203 g/mol. The molecule has 0 spiro atoms. The van der Waals surface area contributed by atoms with E-state index in [1.165, 1.54) is 13.0 Å². The molecule has 0 bridgehead atoms. The highest BCUT2D eigenvalue weighted by molar-refractivity contribution is 5.23. The van der Waals surface area contributed by atoms with Gasteiger partial charge in [-0.15, -0.1) is 0 Å². The fraction of sp³-hybridized carbons (Fsp3) is 0.538. The number of likely N-dealkylation sites (tertiary alicyclic amines) is 1. The quantitative estimate of drug-likeness (QED) is 0.840. The molecule has 0 aliphatic carbocycles. The lowest BCUT2D eigenvalue weighted by molar-refractivity contribution is 0.397. The van der Waals surface area contributed by atoms with E-state index in [0.717, 1.165) is 24.2 Å². The van der Waals surface area contributed by atoms with E-state index in [2.05, 4.69) is 17.3 Å². The molecule has 1 fully saturated rings. The zero-order chi connectivity index (χ0) is 11.5. The molecule has 1 saturated heterocycles. The van der Waals surface area contributed by atoms with Crippen LogP contribution in [0.15, 0.2) is 18.2 Å². The van der Waals surface area contributed by atoms with Gasteiger partial charge in [-0.25, -0.2) is 4.39 Å². The maximum Gasteiger partial charge on any atom is 0.126 e. The van der Waals surface area contributed by atoms with Gasteiger partial charge in [0.2, 0.25) is 0 Å².